The van der Waals surface area contributed by atoms with Crippen molar-refractivity contribution in [3.05, 3.63) is 72.8 Å². The predicted molar refractivity (Wildman–Crippen MR) is 101 cm³/mol. The molecule has 0 unspecified atom stereocenters. The van der Waals surface area contributed by atoms with Gasteiger partial charge in [-0.15, -0.1) is 0 Å². The van der Waals surface area contributed by atoms with Gasteiger partial charge in [-0.3, -0.25) is 14.6 Å². The molecule has 4 aromatic rings. The summed E-state index contributed by atoms with van der Waals surface area (Å²) in [4.78, 5) is 36.3. The fourth-order valence-corrected chi connectivity index (χ4v) is 2.97. The lowest BCUT2D eigenvalue weighted by molar-refractivity contribution is -0.117. The molecule has 4 rings (SSSR count). The zero-order chi connectivity index (χ0) is 18.6. The Hall–Kier alpha value is -3.74. The van der Waals surface area contributed by atoms with E-state index in [1.54, 1.807) is 18.6 Å². The molecule has 7 heteroatoms. The molecule has 0 aliphatic carbocycles. The number of H-pyrrole nitrogens is 1. The van der Waals surface area contributed by atoms with Crippen molar-refractivity contribution in [1.29, 1.82) is 0 Å². The highest BCUT2D eigenvalue weighted by atomic mass is 16.2. The maximum absolute atomic E-state index is 12.4. The van der Waals surface area contributed by atoms with E-state index in [1.807, 2.05) is 53.2 Å². The number of aromatic amines is 1. The first-order valence-electron chi connectivity index (χ1n) is 8.55. The Kier molecular flexibility index (Phi) is 4.49. The molecule has 0 fully saturated rings. The van der Waals surface area contributed by atoms with E-state index in [0.717, 1.165) is 16.6 Å². The number of fused-ring (bicyclic) bond motifs is 1. The van der Waals surface area contributed by atoms with E-state index in [-0.39, 0.29) is 0 Å². The molecular weight excluding hydrogens is 342 g/mol. The third-order valence-corrected chi connectivity index (χ3v) is 4.29. The summed E-state index contributed by atoms with van der Waals surface area (Å²) in [6, 6.07) is 13.0. The van der Waals surface area contributed by atoms with Crippen LogP contribution in [0.4, 0.5) is 0 Å². The number of nitrogens with one attached hydrogen (secondary N) is 2. The number of hydrogen-bond acceptors (Lipinski definition) is 4. The van der Waals surface area contributed by atoms with Crippen LogP contribution in [0.15, 0.2) is 67.3 Å². The number of nitrogens with zero attached hydrogens (tertiary/aromatic N) is 3. The second-order valence-corrected chi connectivity index (χ2v) is 5.99. The Morgan fingerprint density at radius 3 is 2.74 bits per heavy atom. The summed E-state index contributed by atoms with van der Waals surface area (Å²) in [5.74, 6) is -0.463. The van der Waals surface area contributed by atoms with Gasteiger partial charge in [-0.1, -0.05) is 24.3 Å². The highest BCUT2D eigenvalue weighted by Gasteiger charge is 2.19. The van der Waals surface area contributed by atoms with Crippen LogP contribution in [-0.2, 0) is 11.3 Å². The van der Waals surface area contributed by atoms with Crippen LogP contribution in [0, 0.1) is 0 Å². The Morgan fingerprint density at radius 1 is 1.04 bits per heavy atom. The molecule has 27 heavy (non-hydrogen) atoms. The summed E-state index contributed by atoms with van der Waals surface area (Å²) in [5.41, 5.74) is 1.95. The Morgan fingerprint density at radius 2 is 1.89 bits per heavy atom. The summed E-state index contributed by atoms with van der Waals surface area (Å²) in [5, 5.41) is 3.42. The van der Waals surface area contributed by atoms with Crippen LogP contribution >= 0.6 is 0 Å². The van der Waals surface area contributed by atoms with Crippen molar-refractivity contribution in [2.75, 3.05) is 6.54 Å². The lowest BCUT2D eigenvalue weighted by Gasteiger charge is -2.08. The number of rotatable bonds is 6. The SMILES string of the molecule is O=C(NCCn1ccnc1-c1ccccn1)C(=O)c1c[nH]c2ccccc12. The number of pyridine rings is 1. The fraction of sp³-hybridized carbons (Fsp3) is 0.100. The van der Waals surface area contributed by atoms with E-state index in [1.165, 1.54) is 0 Å². The van der Waals surface area contributed by atoms with Gasteiger partial charge in [-0.2, -0.15) is 0 Å². The average Bonchev–Trinajstić information content (AvgIpc) is 3.35. The molecule has 1 amide bonds. The molecule has 2 N–H and O–H groups in total. The summed E-state index contributed by atoms with van der Waals surface area (Å²) >= 11 is 0. The summed E-state index contributed by atoms with van der Waals surface area (Å²) < 4.78 is 1.89. The van der Waals surface area contributed by atoms with Crippen LogP contribution in [0.2, 0.25) is 0 Å². The van der Waals surface area contributed by atoms with Gasteiger partial charge < -0.3 is 14.9 Å². The third kappa shape index (κ3) is 3.35. The molecule has 0 bridgehead atoms. The highest BCUT2D eigenvalue weighted by molar-refractivity contribution is 6.44. The number of amides is 1. The van der Waals surface area contributed by atoms with Crippen molar-refractivity contribution < 1.29 is 9.59 Å². The molecule has 0 aliphatic rings. The van der Waals surface area contributed by atoms with Gasteiger partial charge in [0.15, 0.2) is 5.82 Å². The van der Waals surface area contributed by atoms with Crippen LogP contribution in [0.25, 0.3) is 22.4 Å². The number of carbonyl (C=O) groups excluding carboxylic acids is 2. The topological polar surface area (TPSA) is 92.7 Å². The van der Waals surface area contributed by atoms with E-state index in [2.05, 4.69) is 20.3 Å². The minimum Gasteiger partial charge on any atom is -0.360 e. The summed E-state index contributed by atoms with van der Waals surface area (Å²) in [6.07, 6.45) is 6.78. The van der Waals surface area contributed by atoms with Crippen molar-refractivity contribution in [2.45, 2.75) is 6.54 Å². The maximum atomic E-state index is 12.4. The van der Waals surface area contributed by atoms with Gasteiger partial charge in [0, 0.05) is 48.8 Å². The van der Waals surface area contributed by atoms with Crippen molar-refractivity contribution in [2.24, 2.45) is 0 Å². The van der Waals surface area contributed by atoms with Crippen LogP contribution in [0.5, 0.6) is 0 Å². The fourth-order valence-electron chi connectivity index (χ4n) is 2.97. The van der Waals surface area contributed by atoms with Crippen molar-refractivity contribution in [3.8, 4) is 11.5 Å². The number of imidazole rings is 1. The largest absolute Gasteiger partial charge is 0.360 e. The van der Waals surface area contributed by atoms with Crippen molar-refractivity contribution >= 4 is 22.6 Å². The Labute approximate surface area is 155 Å². The van der Waals surface area contributed by atoms with E-state index in [4.69, 9.17) is 0 Å². The molecule has 0 aliphatic heterocycles. The minimum absolute atomic E-state index is 0.309. The molecular formula is C20H17N5O2. The van der Waals surface area contributed by atoms with Gasteiger partial charge in [0.25, 0.3) is 11.7 Å². The van der Waals surface area contributed by atoms with Crippen LogP contribution in [0.3, 0.4) is 0 Å². The molecule has 0 saturated heterocycles. The second kappa shape index (κ2) is 7.25. The lowest BCUT2D eigenvalue weighted by atomic mass is 10.1. The maximum Gasteiger partial charge on any atom is 0.292 e. The number of para-hydroxylation sites is 1. The van der Waals surface area contributed by atoms with Gasteiger partial charge in [0.2, 0.25) is 0 Å². The first-order valence-corrected chi connectivity index (χ1v) is 8.55. The summed E-state index contributed by atoms with van der Waals surface area (Å²) in [6.45, 7) is 0.794. The molecule has 3 aromatic heterocycles. The summed E-state index contributed by atoms with van der Waals surface area (Å²) in [7, 11) is 0. The Bertz CT molecular complexity index is 1100. The first-order chi connectivity index (χ1) is 13.2. The van der Waals surface area contributed by atoms with Crippen molar-refractivity contribution in [3.63, 3.8) is 0 Å². The van der Waals surface area contributed by atoms with Crippen LogP contribution in [0.1, 0.15) is 10.4 Å². The van der Waals surface area contributed by atoms with E-state index in [0.29, 0.717) is 24.5 Å². The molecule has 3 heterocycles. The van der Waals surface area contributed by atoms with Crippen LogP contribution < -0.4 is 5.32 Å². The number of ketones is 1. The van der Waals surface area contributed by atoms with E-state index < -0.39 is 11.7 Å². The number of aromatic nitrogens is 4. The molecule has 0 spiro atoms. The normalized spacial score (nSPS) is 10.8. The minimum atomic E-state index is -0.626. The third-order valence-electron chi connectivity index (χ3n) is 4.29. The van der Waals surface area contributed by atoms with Gasteiger partial charge >= 0.3 is 0 Å². The monoisotopic (exact) mass is 359 g/mol. The average molecular weight is 359 g/mol. The standard InChI is InChI=1S/C20H17N5O2/c26-18(15-13-24-16-6-2-1-5-14(15)16)20(27)23-10-12-25-11-9-22-19(25)17-7-3-4-8-21-17/h1-9,11,13,24H,10,12H2,(H,23,27). The van der Waals surface area contributed by atoms with Crippen LogP contribution in [-0.4, -0.2) is 37.8 Å². The molecule has 1 aromatic carbocycles. The molecule has 0 saturated carbocycles. The van der Waals surface area contributed by atoms with E-state index in [9.17, 15) is 9.59 Å². The molecule has 0 atom stereocenters. The number of hydrogen-bond donors (Lipinski definition) is 2. The first kappa shape index (κ1) is 16.7. The molecule has 134 valence electrons. The van der Waals surface area contributed by atoms with Gasteiger partial charge in [0.1, 0.15) is 5.69 Å². The van der Waals surface area contributed by atoms with Gasteiger partial charge in [-0.05, 0) is 18.2 Å². The van der Waals surface area contributed by atoms with Gasteiger partial charge in [0.05, 0.1) is 5.56 Å². The zero-order valence-electron chi connectivity index (χ0n) is 14.4. The number of carbonyl (C=O) groups is 2. The highest BCUT2D eigenvalue weighted by Crippen LogP contribution is 2.18. The molecule has 0 radical (unpaired) electrons. The van der Waals surface area contributed by atoms with Crippen molar-refractivity contribution in [1.82, 2.24) is 24.8 Å². The predicted octanol–water partition coefficient (Wildman–Crippen LogP) is 2.43. The zero-order valence-corrected chi connectivity index (χ0v) is 14.4. The second-order valence-electron chi connectivity index (χ2n) is 5.99. The smallest absolute Gasteiger partial charge is 0.292 e. The van der Waals surface area contributed by atoms with Gasteiger partial charge in [-0.25, -0.2) is 4.98 Å². The number of Topliss-reactive ketones (excluding diaryl/α,β-unsaturated/α-hetero) is 1. The Balaban J connectivity index is 1.41. The number of benzene rings is 1. The molecule has 7 nitrogen and oxygen atoms in total. The quantitative estimate of drug-likeness (QED) is 0.408. The lowest BCUT2D eigenvalue weighted by Crippen LogP contribution is -2.33. The van der Waals surface area contributed by atoms with E-state index >= 15 is 0 Å².